The minimum Gasteiger partial charge on any atom is -0.376 e. The second-order valence-corrected chi connectivity index (χ2v) is 12.2. The molecule has 7 nitrogen and oxygen atoms in total. The number of amides is 1. The lowest BCUT2D eigenvalue weighted by atomic mass is 10.2. The smallest absolute Gasteiger partial charge is 0.260 e. The van der Waals surface area contributed by atoms with Crippen LogP contribution in [-0.4, -0.2) is 56.5 Å². The minimum absolute atomic E-state index is 0.0746. The number of carbonyl (C=O) groups is 1. The van der Waals surface area contributed by atoms with E-state index >= 15 is 0 Å². The fraction of sp³-hybridized carbons (Fsp3) is 0.440. The number of aromatic nitrogens is 1. The Morgan fingerprint density at radius 2 is 1.97 bits per heavy atom. The van der Waals surface area contributed by atoms with E-state index in [4.69, 9.17) is 21.3 Å². The molecule has 35 heavy (non-hydrogen) atoms. The standard InChI is InChI=1S/C25H30ClN3O4S2/c1-4-5-14-28(3)35(31,32)20-11-9-18(10-12-20)24(30)29(16-19-7-6-15-33-19)25-27-22-17(2)8-13-21(26)23(22)34-25/h8-13,19H,4-7,14-16H2,1-3H3. The minimum atomic E-state index is -3.61. The van der Waals surface area contributed by atoms with Crippen LogP contribution in [0.25, 0.3) is 10.2 Å². The SMILES string of the molecule is CCCCN(C)S(=O)(=O)c1ccc(C(=O)N(CC2CCCO2)c2nc3c(C)ccc(Cl)c3s2)cc1. The molecule has 0 aliphatic carbocycles. The molecule has 2 heterocycles. The number of anilines is 1. The average molecular weight is 536 g/mol. The summed E-state index contributed by atoms with van der Waals surface area (Å²) in [4.78, 5) is 20.2. The van der Waals surface area contributed by atoms with Crippen LogP contribution < -0.4 is 4.90 Å². The van der Waals surface area contributed by atoms with Crippen molar-refractivity contribution in [2.45, 2.75) is 50.5 Å². The van der Waals surface area contributed by atoms with Gasteiger partial charge in [0.05, 0.1) is 32.8 Å². The number of nitrogens with zero attached hydrogens (tertiary/aromatic N) is 3. The topological polar surface area (TPSA) is 79.8 Å². The number of fused-ring (bicyclic) bond motifs is 1. The van der Waals surface area contributed by atoms with Crippen LogP contribution in [-0.2, 0) is 14.8 Å². The summed E-state index contributed by atoms with van der Waals surface area (Å²) in [6, 6.07) is 9.87. The van der Waals surface area contributed by atoms with Gasteiger partial charge in [0.15, 0.2) is 5.13 Å². The van der Waals surface area contributed by atoms with Crippen molar-refractivity contribution in [3.8, 4) is 0 Å². The Labute approximate surface area is 215 Å². The van der Waals surface area contributed by atoms with Crippen LogP contribution in [0.5, 0.6) is 0 Å². The first-order valence-corrected chi connectivity index (χ1v) is 14.4. The van der Waals surface area contributed by atoms with Gasteiger partial charge in [0, 0.05) is 25.8 Å². The van der Waals surface area contributed by atoms with Crippen molar-refractivity contribution in [2.24, 2.45) is 0 Å². The summed E-state index contributed by atoms with van der Waals surface area (Å²) in [5.41, 5.74) is 2.15. The summed E-state index contributed by atoms with van der Waals surface area (Å²) in [5, 5.41) is 1.15. The Hall–Kier alpha value is -2.04. The maximum absolute atomic E-state index is 13.7. The van der Waals surface area contributed by atoms with E-state index in [9.17, 15) is 13.2 Å². The van der Waals surface area contributed by atoms with Crippen LogP contribution in [0, 0.1) is 6.92 Å². The number of carbonyl (C=O) groups excluding carboxylic acids is 1. The van der Waals surface area contributed by atoms with Crippen molar-refractivity contribution in [2.75, 3.05) is 31.6 Å². The number of ether oxygens (including phenoxy) is 1. The summed E-state index contributed by atoms with van der Waals surface area (Å²) in [6.07, 6.45) is 3.45. The van der Waals surface area contributed by atoms with Gasteiger partial charge in [-0.25, -0.2) is 17.7 Å². The molecule has 1 aliphatic heterocycles. The fourth-order valence-corrected chi connectivity index (χ4v) is 6.59. The number of unbranched alkanes of at least 4 members (excludes halogenated alkanes) is 1. The second-order valence-electron chi connectivity index (χ2n) is 8.79. The van der Waals surface area contributed by atoms with Gasteiger partial charge in [-0.2, -0.15) is 0 Å². The summed E-state index contributed by atoms with van der Waals surface area (Å²) in [7, 11) is -2.03. The van der Waals surface area contributed by atoms with Gasteiger partial charge >= 0.3 is 0 Å². The molecule has 1 unspecified atom stereocenters. The largest absolute Gasteiger partial charge is 0.376 e. The fourth-order valence-electron chi connectivity index (χ4n) is 4.05. The van der Waals surface area contributed by atoms with E-state index in [0.29, 0.717) is 35.4 Å². The molecule has 0 spiro atoms. The number of benzene rings is 2. The Morgan fingerprint density at radius 1 is 1.23 bits per heavy atom. The van der Waals surface area contributed by atoms with Crippen molar-refractivity contribution < 1.29 is 17.9 Å². The van der Waals surface area contributed by atoms with Crippen LogP contribution >= 0.6 is 22.9 Å². The summed E-state index contributed by atoms with van der Waals surface area (Å²) in [6.45, 7) is 5.48. The first-order chi connectivity index (χ1) is 16.7. The number of rotatable bonds is 9. The lowest BCUT2D eigenvalue weighted by molar-refractivity contribution is 0.0917. The molecule has 0 saturated carbocycles. The highest BCUT2D eigenvalue weighted by molar-refractivity contribution is 7.89. The van der Waals surface area contributed by atoms with Crippen LogP contribution in [0.15, 0.2) is 41.3 Å². The third-order valence-corrected chi connectivity index (χ3v) is 9.62. The van der Waals surface area contributed by atoms with E-state index in [-0.39, 0.29) is 16.9 Å². The molecule has 0 radical (unpaired) electrons. The third kappa shape index (κ3) is 5.54. The molecule has 1 amide bonds. The zero-order chi connectivity index (χ0) is 25.2. The van der Waals surface area contributed by atoms with Gasteiger partial charge in [-0.3, -0.25) is 9.69 Å². The lowest BCUT2D eigenvalue weighted by Gasteiger charge is -2.23. The van der Waals surface area contributed by atoms with Crippen molar-refractivity contribution in [1.29, 1.82) is 0 Å². The van der Waals surface area contributed by atoms with Crippen LogP contribution in [0.1, 0.15) is 48.5 Å². The summed E-state index contributed by atoms with van der Waals surface area (Å²) >= 11 is 7.79. The van der Waals surface area contributed by atoms with Crippen molar-refractivity contribution >= 4 is 54.2 Å². The van der Waals surface area contributed by atoms with Gasteiger partial charge in [-0.15, -0.1) is 0 Å². The molecule has 4 rings (SSSR count). The summed E-state index contributed by atoms with van der Waals surface area (Å²) in [5.74, 6) is -0.253. The molecule has 1 fully saturated rings. The molecular weight excluding hydrogens is 506 g/mol. The molecule has 1 aliphatic rings. The Kier molecular flexibility index (Phi) is 8.12. The van der Waals surface area contributed by atoms with E-state index in [1.165, 1.54) is 27.8 Å². The highest BCUT2D eigenvalue weighted by Gasteiger charge is 2.28. The molecule has 3 aromatic rings. The molecule has 1 saturated heterocycles. The van der Waals surface area contributed by atoms with E-state index in [1.807, 2.05) is 26.0 Å². The van der Waals surface area contributed by atoms with Crippen molar-refractivity contribution in [1.82, 2.24) is 9.29 Å². The maximum Gasteiger partial charge on any atom is 0.260 e. The van der Waals surface area contributed by atoms with Crippen molar-refractivity contribution in [3.63, 3.8) is 0 Å². The predicted molar refractivity (Wildman–Crippen MR) is 141 cm³/mol. The third-order valence-electron chi connectivity index (χ3n) is 6.21. The number of halogens is 1. The van der Waals surface area contributed by atoms with Crippen LogP contribution in [0.3, 0.4) is 0 Å². The Bertz CT molecular complexity index is 1260. The molecule has 10 heteroatoms. The van der Waals surface area contributed by atoms with Gasteiger partial charge in [0.2, 0.25) is 10.0 Å². The van der Waals surface area contributed by atoms with Gasteiger partial charge in [0.25, 0.3) is 5.91 Å². The highest BCUT2D eigenvalue weighted by atomic mass is 35.5. The van der Waals surface area contributed by atoms with Crippen molar-refractivity contribution in [3.05, 3.63) is 52.5 Å². The Morgan fingerprint density at radius 3 is 2.60 bits per heavy atom. The number of aryl methyl sites for hydroxylation is 1. The first kappa shape index (κ1) is 26.0. The van der Waals surface area contributed by atoms with Crippen LogP contribution in [0.4, 0.5) is 5.13 Å². The molecular formula is C25H30ClN3O4S2. The summed E-state index contributed by atoms with van der Waals surface area (Å²) < 4.78 is 33.7. The number of hydrogen-bond acceptors (Lipinski definition) is 6. The van der Waals surface area contributed by atoms with Gasteiger partial charge in [0.1, 0.15) is 0 Å². The van der Waals surface area contributed by atoms with E-state index in [1.54, 1.807) is 24.1 Å². The number of thiazole rings is 1. The van der Waals surface area contributed by atoms with E-state index in [0.717, 1.165) is 41.5 Å². The van der Waals surface area contributed by atoms with Gasteiger partial charge in [-0.05, 0) is 62.1 Å². The molecule has 188 valence electrons. The number of hydrogen-bond donors (Lipinski definition) is 0. The molecule has 0 N–H and O–H groups in total. The van der Waals surface area contributed by atoms with Gasteiger partial charge < -0.3 is 4.74 Å². The van der Waals surface area contributed by atoms with E-state index in [2.05, 4.69) is 0 Å². The quantitative estimate of drug-likeness (QED) is 0.361. The Balaban J connectivity index is 1.65. The second kappa shape index (κ2) is 10.9. The van der Waals surface area contributed by atoms with E-state index < -0.39 is 10.0 Å². The van der Waals surface area contributed by atoms with Crippen LogP contribution in [0.2, 0.25) is 5.02 Å². The zero-order valence-electron chi connectivity index (χ0n) is 20.2. The maximum atomic E-state index is 13.7. The lowest BCUT2D eigenvalue weighted by Crippen LogP contribution is -2.37. The molecule has 2 aromatic carbocycles. The monoisotopic (exact) mass is 535 g/mol. The number of sulfonamides is 1. The zero-order valence-corrected chi connectivity index (χ0v) is 22.5. The normalized spacial score (nSPS) is 16.3. The molecule has 1 atom stereocenters. The van der Waals surface area contributed by atoms with Gasteiger partial charge in [-0.1, -0.05) is 42.3 Å². The molecule has 1 aromatic heterocycles. The molecule has 0 bridgehead atoms. The average Bonchev–Trinajstić information content (AvgIpc) is 3.53. The highest BCUT2D eigenvalue weighted by Crippen LogP contribution is 2.36. The predicted octanol–water partition coefficient (Wildman–Crippen LogP) is 5.50. The first-order valence-electron chi connectivity index (χ1n) is 11.8.